The van der Waals surface area contributed by atoms with E-state index in [2.05, 4.69) is 43.5 Å². The molecule has 7 heteroatoms. The highest BCUT2D eigenvalue weighted by Crippen LogP contribution is 2.35. The number of nitrogens with one attached hydrogen (secondary N) is 1. The van der Waals surface area contributed by atoms with E-state index in [9.17, 15) is 8.42 Å². The lowest BCUT2D eigenvalue weighted by atomic mass is 9.79. The van der Waals surface area contributed by atoms with Gasteiger partial charge in [-0.15, -0.1) is 0 Å². The predicted octanol–water partition coefficient (Wildman–Crippen LogP) is 4.72. The summed E-state index contributed by atoms with van der Waals surface area (Å²) in [7, 11) is -3.56. The summed E-state index contributed by atoms with van der Waals surface area (Å²) in [5.74, 6) is 0.659. The lowest BCUT2D eigenvalue weighted by Gasteiger charge is -2.38. The van der Waals surface area contributed by atoms with Crippen LogP contribution in [-0.2, 0) is 10.0 Å². The van der Waals surface area contributed by atoms with Gasteiger partial charge in [0.25, 0.3) is 0 Å². The van der Waals surface area contributed by atoms with E-state index in [0.29, 0.717) is 20.7 Å². The summed E-state index contributed by atoms with van der Waals surface area (Å²) in [5.41, 5.74) is -0.391. The van der Waals surface area contributed by atoms with Crippen LogP contribution < -0.4 is 4.72 Å². The molecule has 0 saturated heterocycles. The third-order valence-corrected chi connectivity index (χ3v) is 7.90. The molecule has 0 spiro atoms. The fourth-order valence-electron chi connectivity index (χ4n) is 2.57. The fourth-order valence-corrected chi connectivity index (χ4v) is 5.58. The van der Waals surface area contributed by atoms with Crippen LogP contribution in [0.3, 0.4) is 0 Å². The van der Waals surface area contributed by atoms with E-state index in [-0.39, 0.29) is 4.90 Å². The standard InChI is InChI=1S/C14H18Br2ClNO2S/c1-10-4-6-14(9-15,7-5-10)18-21(19,20)11-2-3-13(17)12(16)8-11/h2-3,8,10,18H,4-7,9H2,1H3. The smallest absolute Gasteiger partial charge is 0.207 e. The predicted molar refractivity (Wildman–Crippen MR) is 93.6 cm³/mol. The van der Waals surface area contributed by atoms with E-state index >= 15 is 0 Å². The van der Waals surface area contributed by atoms with Crippen molar-refractivity contribution in [3.63, 3.8) is 0 Å². The van der Waals surface area contributed by atoms with Crippen molar-refractivity contribution in [1.82, 2.24) is 4.72 Å². The van der Waals surface area contributed by atoms with Gasteiger partial charge in [0, 0.05) is 15.3 Å². The second kappa shape index (κ2) is 6.87. The number of rotatable bonds is 4. The summed E-state index contributed by atoms with van der Waals surface area (Å²) in [4.78, 5) is 0.234. The minimum atomic E-state index is -3.56. The SMILES string of the molecule is CC1CCC(CBr)(NS(=O)(=O)c2ccc(Cl)c(Br)c2)CC1. The maximum atomic E-state index is 12.6. The van der Waals surface area contributed by atoms with Gasteiger partial charge < -0.3 is 0 Å². The highest BCUT2D eigenvalue weighted by molar-refractivity contribution is 9.10. The van der Waals surface area contributed by atoms with Gasteiger partial charge in [0.05, 0.1) is 9.92 Å². The number of benzene rings is 1. The zero-order valence-electron chi connectivity index (χ0n) is 11.7. The Bertz CT molecular complexity index is 613. The van der Waals surface area contributed by atoms with Gasteiger partial charge in [-0.05, 0) is 65.7 Å². The lowest BCUT2D eigenvalue weighted by Crippen LogP contribution is -2.51. The molecule has 2 rings (SSSR count). The molecule has 0 heterocycles. The Morgan fingerprint density at radius 1 is 1.38 bits per heavy atom. The van der Waals surface area contributed by atoms with Gasteiger partial charge in [0.15, 0.2) is 0 Å². The highest BCUT2D eigenvalue weighted by atomic mass is 79.9. The monoisotopic (exact) mass is 457 g/mol. The zero-order chi connectivity index (χ0) is 15.7. The molecule has 1 aliphatic rings. The number of hydrogen-bond donors (Lipinski definition) is 1. The maximum Gasteiger partial charge on any atom is 0.241 e. The number of sulfonamides is 1. The third kappa shape index (κ3) is 4.22. The number of alkyl halides is 1. The Hall–Kier alpha value is 0.380. The molecule has 1 fully saturated rings. The van der Waals surface area contributed by atoms with Gasteiger partial charge in [-0.2, -0.15) is 0 Å². The van der Waals surface area contributed by atoms with Crippen molar-refractivity contribution in [2.45, 2.75) is 43.0 Å². The second-order valence-electron chi connectivity index (χ2n) is 5.78. The molecular weight excluding hydrogens is 441 g/mol. The van der Waals surface area contributed by atoms with Crippen molar-refractivity contribution < 1.29 is 8.42 Å². The van der Waals surface area contributed by atoms with E-state index in [0.717, 1.165) is 25.7 Å². The first-order valence-electron chi connectivity index (χ1n) is 6.83. The van der Waals surface area contributed by atoms with Crippen molar-refractivity contribution in [1.29, 1.82) is 0 Å². The van der Waals surface area contributed by atoms with E-state index in [1.807, 2.05) is 0 Å². The molecule has 1 aromatic carbocycles. The summed E-state index contributed by atoms with van der Waals surface area (Å²) in [6, 6.07) is 4.66. The van der Waals surface area contributed by atoms with Crippen molar-refractivity contribution in [3.05, 3.63) is 27.7 Å². The summed E-state index contributed by atoms with van der Waals surface area (Å²) in [6.07, 6.45) is 3.79. The Morgan fingerprint density at radius 2 is 2.00 bits per heavy atom. The van der Waals surface area contributed by atoms with Crippen molar-refractivity contribution >= 4 is 53.5 Å². The second-order valence-corrected chi connectivity index (χ2v) is 9.28. The van der Waals surface area contributed by atoms with Crippen LogP contribution in [0.15, 0.2) is 27.6 Å². The van der Waals surface area contributed by atoms with Crippen LogP contribution in [0.5, 0.6) is 0 Å². The minimum Gasteiger partial charge on any atom is -0.207 e. The molecule has 118 valence electrons. The van der Waals surface area contributed by atoms with Gasteiger partial charge in [0.2, 0.25) is 10.0 Å². The first kappa shape index (κ1) is 17.7. The largest absolute Gasteiger partial charge is 0.241 e. The van der Waals surface area contributed by atoms with E-state index in [1.54, 1.807) is 6.07 Å². The Kier molecular flexibility index (Phi) is 5.80. The lowest BCUT2D eigenvalue weighted by molar-refractivity contribution is 0.250. The quantitative estimate of drug-likeness (QED) is 0.662. The van der Waals surface area contributed by atoms with Crippen LogP contribution in [0.2, 0.25) is 5.02 Å². The fraction of sp³-hybridized carbons (Fsp3) is 0.571. The van der Waals surface area contributed by atoms with Crippen molar-refractivity contribution in [3.8, 4) is 0 Å². The molecular formula is C14H18Br2ClNO2S. The minimum absolute atomic E-state index is 0.234. The summed E-state index contributed by atoms with van der Waals surface area (Å²) in [5, 5.41) is 1.12. The van der Waals surface area contributed by atoms with Crippen LogP contribution in [-0.4, -0.2) is 19.3 Å². The average Bonchev–Trinajstić information content (AvgIpc) is 2.44. The average molecular weight is 460 g/mol. The van der Waals surface area contributed by atoms with Crippen LogP contribution in [0.25, 0.3) is 0 Å². The van der Waals surface area contributed by atoms with E-state index < -0.39 is 15.6 Å². The zero-order valence-corrected chi connectivity index (χ0v) is 16.4. The molecule has 0 aliphatic heterocycles. The van der Waals surface area contributed by atoms with Gasteiger partial charge >= 0.3 is 0 Å². The van der Waals surface area contributed by atoms with Gasteiger partial charge in [0.1, 0.15) is 0 Å². The first-order chi connectivity index (χ1) is 9.78. The third-order valence-electron chi connectivity index (χ3n) is 4.04. The molecule has 1 saturated carbocycles. The van der Waals surface area contributed by atoms with Crippen LogP contribution in [0, 0.1) is 5.92 Å². The number of hydrogen-bond acceptors (Lipinski definition) is 2. The molecule has 0 aromatic heterocycles. The topological polar surface area (TPSA) is 46.2 Å². The van der Waals surface area contributed by atoms with Crippen LogP contribution in [0.1, 0.15) is 32.6 Å². The molecule has 1 N–H and O–H groups in total. The van der Waals surface area contributed by atoms with Crippen LogP contribution >= 0.6 is 43.5 Å². The van der Waals surface area contributed by atoms with Crippen molar-refractivity contribution in [2.24, 2.45) is 5.92 Å². The molecule has 0 amide bonds. The van der Waals surface area contributed by atoms with E-state index in [1.165, 1.54) is 12.1 Å². The van der Waals surface area contributed by atoms with Gasteiger partial charge in [-0.3, -0.25) is 0 Å². The Balaban J connectivity index is 2.25. The summed E-state index contributed by atoms with van der Waals surface area (Å²) >= 11 is 12.7. The number of halogens is 3. The Morgan fingerprint density at radius 3 is 2.52 bits per heavy atom. The summed E-state index contributed by atoms with van der Waals surface area (Å²) in [6.45, 7) is 2.21. The normalized spacial score (nSPS) is 26.8. The molecule has 1 aromatic rings. The summed E-state index contributed by atoms with van der Waals surface area (Å²) < 4.78 is 28.7. The van der Waals surface area contributed by atoms with Gasteiger partial charge in [-0.25, -0.2) is 13.1 Å². The Labute approximate surface area is 148 Å². The highest BCUT2D eigenvalue weighted by Gasteiger charge is 2.37. The molecule has 3 nitrogen and oxygen atoms in total. The van der Waals surface area contributed by atoms with Crippen LogP contribution in [0.4, 0.5) is 0 Å². The molecule has 1 aliphatic carbocycles. The van der Waals surface area contributed by atoms with Crippen molar-refractivity contribution in [2.75, 3.05) is 5.33 Å². The molecule has 0 bridgehead atoms. The first-order valence-corrected chi connectivity index (χ1v) is 10.6. The molecule has 0 atom stereocenters. The molecule has 0 unspecified atom stereocenters. The van der Waals surface area contributed by atoms with E-state index in [4.69, 9.17) is 11.6 Å². The molecule has 21 heavy (non-hydrogen) atoms. The molecule has 0 radical (unpaired) electrons. The van der Waals surface area contributed by atoms with Gasteiger partial charge in [-0.1, -0.05) is 34.5 Å². The maximum absolute atomic E-state index is 12.6.